The van der Waals surface area contributed by atoms with E-state index in [1.165, 1.54) is 7.11 Å². The number of benzene rings is 1. The molecule has 3 rings (SSSR count). The molecule has 2 fully saturated rings. The van der Waals surface area contributed by atoms with E-state index in [1.807, 2.05) is 13.0 Å². The topological polar surface area (TPSA) is 55.8 Å². The first-order chi connectivity index (χ1) is 10.0. The fourth-order valence-electron chi connectivity index (χ4n) is 2.87. The van der Waals surface area contributed by atoms with Crippen molar-refractivity contribution in [2.45, 2.75) is 30.7 Å². The van der Waals surface area contributed by atoms with E-state index < -0.39 is 10.0 Å². The number of hydrogen-bond donors (Lipinski definition) is 0. The maximum Gasteiger partial charge on any atom is 0.247 e. The molecule has 21 heavy (non-hydrogen) atoms. The van der Waals surface area contributed by atoms with Gasteiger partial charge in [-0.2, -0.15) is 4.31 Å². The molecule has 0 aromatic heterocycles. The van der Waals surface area contributed by atoms with Gasteiger partial charge >= 0.3 is 0 Å². The van der Waals surface area contributed by atoms with Crippen molar-refractivity contribution >= 4 is 10.0 Å². The lowest BCUT2D eigenvalue weighted by atomic mass is 10.2. The van der Waals surface area contributed by atoms with Gasteiger partial charge in [-0.1, -0.05) is 6.07 Å². The van der Waals surface area contributed by atoms with Crippen molar-refractivity contribution in [3.05, 3.63) is 23.8 Å². The quantitative estimate of drug-likeness (QED) is 0.851. The van der Waals surface area contributed by atoms with Crippen molar-refractivity contribution in [1.82, 2.24) is 4.31 Å². The molecule has 0 bridgehead atoms. The van der Waals surface area contributed by atoms with Crippen LogP contribution in [0.3, 0.4) is 0 Å². The van der Waals surface area contributed by atoms with E-state index in [-0.39, 0.29) is 10.9 Å². The van der Waals surface area contributed by atoms with E-state index in [4.69, 9.17) is 9.47 Å². The Morgan fingerprint density at radius 2 is 2.10 bits per heavy atom. The fourth-order valence-corrected chi connectivity index (χ4v) is 4.77. The van der Waals surface area contributed by atoms with E-state index in [0.29, 0.717) is 31.4 Å². The zero-order valence-electron chi connectivity index (χ0n) is 12.4. The van der Waals surface area contributed by atoms with Crippen molar-refractivity contribution in [3.8, 4) is 5.75 Å². The summed E-state index contributed by atoms with van der Waals surface area (Å²) in [5.74, 6) is 0.845. The number of nitrogens with zero attached hydrogens (tertiary/aromatic N) is 1. The second-order valence-corrected chi connectivity index (χ2v) is 7.61. The Bertz CT molecular complexity index is 625. The Hall–Kier alpha value is -1.11. The van der Waals surface area contributed by atoms with Crippen LogP contribution in [0.5, 0.6) is 5.75 Å². The summed E-state index contributed by atoms with van der Waals surface area (Å²) in [6.45, 7) is 3.26. The molecule has 0 N–H and O–H groups in total. The van der Waals surface area contributed by atoms with Crippen LogP contribution in [0.15, 0.2) is 23.1 Å². The largest absolute Gasteiger partial charge is 0.495 e. The Labute approximate surface area is 125 Å². The van der Waals surface area contributed by atoms with E-state index >= 15 is 0 Å². The van der Waals surface area contributed by atoms with E-state index in [1.54, 1.807) is 16.4 Å². The van der Waals surface area contributed by atoms with Crippen LogP contribution in [0.2, 0.25) is 0 Å². The molecule has 116 valence electrons. The number of hydrogen-bond acceptors (Lipinski definition) is 4. The molecule has 1 unspecified atom stereocenters. The summed E-state index contributed by atoms with van der Waals surface area (Å²) in [5.41, 5.74) is 0.908. The smallest absolute Gasteiger partial charge is 0.247 e. The molecular weight excluding hydrogens is 290 g/mol. The molecule has 1 saturated heterocycles. The van der Waals surface area contributed by atoms with Gasteiger partial charge < -0.3 is 9.47 Å². The molecule has 1 aromatic rings. The van der Waals surface area contributed by atoms with Crippen LogP contribution in [0.25, 0.3) is 0 Å². The molecule has 1 aliphatic carbocycles. The van der Waals surface area contributed by atoms with Crippen molar-refractivity contribution < 1.29 is 17.9 Å². The van der Waals surface area contributed by atoms with Crippen molar-refractivity contribution in [3.63, 3.8) is 0 Å². The first-order valence-electron chi connectivity index (χ1n) is 7.28. The number of methoxy groups -OCH3 is 1. The number of aryl methyl sites for hydroxylation is 1. The van der Waals surface area contributed by atoms with Crippen LogP contribution >= 0.6 is 0 Å². The molecule has 5 nitrogen and oxygen atoms in total. The summed E-state index contributed by atoms with van der Waals surface area (Å²) in [4.78, 5) is 0.262. The Balaban J connectivity index is 2.00. The average Bonchev–Trinajstić information content (AvgIpc) is 3.32. The van der Waals surface area contributed by atoms with Crippen LogP contribution in [-0.4, -0.2) is 45.6 Å². The monoisotopic (exact) mass is 311 g/mol. The Kier molecular flexibility index (Phi) is 3.94. The predicted molar refractivity (Wildman–Crippen MR) is 79.0 cm³/mol. The number of sulfonamides is 1. The van der Waals surface area contributed by atoms with Gasteiger partial charge in [0.1, 0.15) is 10.6 Å². The molecule has 1 saturated carbocycles. The molecule has 0 spiro atoms. The maximum absolute atomic E-state index is 13.1. The molecule has 1 aromatic carbocycles. The molecule has 1 atom stereocenters. The third-order valence-electron chi connectivity index (χ3n) is 4.19. The highest BCUT2D eigenvalue weighted by Crippen LogP contribution is 2.39. The molecule has 0 amide bonds. The van der Waals surface area contributed by atoms with Gasteiger partial charge in [0.15, 0.2) is 0 Å². The SMILES string of the molecule is COc1ccc(C)cc1S(=O)(=O)N1CCOCC1C1CC1. The zero-order chi connectivity index (χ0) is 15.0. The summed E-state index contributed by atoms with van der Waals surface area (Å²) in [7, 11) is -2.05. The van der Waals surface area contributed by atoms with Crippen LogP contribution in [0.4, 0.5) is 0 Å². The summed E-state index contributed by atoms with van der Waals surface area (Å²) in [6.07, 6.45) is 2.18. The second-order valence-electron chi connectivity index (χ2n) is 5.75. The van der Waals surface area contributed by atoms with Gasteiger partial charge in [-0.25, -0.2) is 8.42 Å². The third kappa shape index (κ3) is 2.80. The highest BCUT2D eigenvalue weighted by Gasteiger charge is 2.43. The lowest BCUT2D eigenvalue weighted by molar-refractivity contribution is 0.0246. The minimum Gasteiger partial charge on any atom is -0.495 e. The van der Waals surface area contributed by atoms with Gasteiger partial charge in [-0.15, -0.1) is 0 Å². The lowest BCUT2D eigenvalue weighted by Crippen LogP contribution is -2.49. The predicted octanol–water partition coefficient (Wildman–Crippen LogP) is 1.80. The van der Waals surface area contributed by atoms with E-state index in [0.717, 1.165) is 18.4 Å². The number of rotatable bonds is 4. The first-order valence-corrected chi connectivity index (χ1v) is 8.72. The average molecular weight is 311 g/mol. The van der Waals surface area contributed by atoms with Crippen LogP contribution in [0, 0.1) is 12.8 Å². The molecule has 1 aliphatic heterocycles. The second kappa shape index (κ2) is 5.59. The van der Waals surface area contributed by atoms with Crippen molar-refractivity contribution in [1.29, 1.82) is 0 Å². The molecular formula is C15H21NO4S. The summed E-state index contributed by atoms with van der Waals surface area (Å²) in [5, 5.41) is 0. The van der Waals surface area contributed by atoms with Crippen LogP contribution < -0.4 is 4.74 Å². The van der Waals surface area contributed by atoms with Gasteiger partial charge in [0.05, 0.1) is 26.4 Å². The van der Waals surface area contributed by atoms with Crippen molar-refractivity contribution in [2.75, 3.05) is 26.9 Å². The van der Waals surface area contributed by atoms with Gasteiger partial charge in [-0.05, 0) is 43.4 Å². The third-order valence-corrected chi connectivity index (χ3v) is 6.13. The summed E-state index contributed by atoms with van der Waals surface area (Å²) >= 11 is 0. The van der Waals surface area contributed by atoms with Crippen LogP contribution in [-0.2, 0) is 14.8 Å². The Morgan fingerprint density at radius 1 is 1.33 bits per heavy atom. The minimum atomic E-state index is -3.55. The highest BCUT2D eigenvalue weighted by molar-refractivity contribution is 7.89. The zero-order valence-corrected chi connectivity index (χ0v) is 13.2. The molecule has 2 aliphatic rings. The highest BCUT2D eigenvalue weighted by atomic mass is 32.2. The first kappa shape index (κ1) is 14.8. The lowest BCUT2D eigenvalue weighted by Gasteiger charge is -2.35. The molecule has 0 radical (unpaired) electrons. The standard InChI is InChI=1S/C15H21NO4S/c1-11-3-6-14(19-2)15(9-11)21(17,18)16-7-8-20-10-13(16)12-4-5-12/h3,6,9,12-13H,4-5,7-8,10H2,1-2H3. The maximum atomic E-state index is 13.1. The summed E-state index contributed by atoms with van der Waals surface area (Å²) in [6, 6.07) is 5.23. The Morgan fingerprint density at radius 3 is 2.76 bits per heavy atom. The fraction of sp³-hybridized carbons (Fsp3) is 0.600. The van der Waals surface area contributed by atoms with Gasteiger partial charge in [0.25, 0.3) is 0 Å². The van der Waals surface area contributed by atoms with E-state index in [9.17, 15) is 8.42 Å². The van der Waals surface area contributed by atoms with Gasteiger partial charge in [0.2, 0.25) is 10.0 Å². The van der Waals surface area contributed by atoms with Gasteiger partial charge in [0, 0.05) is 6.54 Å². The minimum absolute atomic E-state index is 0.0334. The number of ether oxygens (including phenoxy) is 2. The van der Waals surface area contributed by atoms with Crippen LogP contribution in [0.1, 0.15) is 18.4 Å². The normalized spacial score (nSPS) is 24.0. The number of morpholine rings is 1. The molecule has 6 heteroatoms. The summed E-state index contributed by atoms with van der Waals surface area (Å²) < 4.78 is 38.5. The molecule has 1 heterocycles. The van der Waals surface area contributed by atoms with Crippen molar-refractivity contribution in [2.24, 2.45) is 5.92 Å². The van der Waals surface area contributed by atoms with E-state index in [2.05, 4.69) is 0 Å². The van der Waals surface area contributed by atoms with Gasteiger partial charge in [-0.3, -0.25) is 0 Å².